The van der Waals surface area contributed by atoms with Gasteiger partial charge < -0.3 is 4.90 Å². The van der Waals surface area contributed by atoms with Gasteiger partial charge in [0.15, 0.2) is 5.15 Å². The first kappa shape index (κ1) is 11.2. The van der Waals surface area contributed by atoms with Crippen LogP contribution in [0.1, 0.15) is 20.3 Å². The molecule has 1 unspecified atom stereocenters. The van der Waals surface area contributed by atoms with Gasteiger partial charge in [-0.3, -0.25) is 0 Å². The van der Waals surface area contributed by atoms with Gasteiger partial charge in [-0.05, 0) is 5.92 Å². The molecule has 0 amide bonds. The number of hydrogen-bond donors (Lipinski definition) is 0. The zero-order valence-corrected chi connectivity index (χ0v) is 9.62. The van der Waals surface area contributed by atoms with Gasteiger partial charge in [0.05, 0.1) is 11.9 Å². The molecule has 0 aliphatic rings. The summed E-state index contributed by atoms with van der Waals surface area (Å²) in [5.74, 6) is 0.673. The molecule has 0 aliphatic carbocycles. The number of halogens is 1. The van der Waals surface area contributed by atoms with Gasteiger partial charge in [-0.15, -0.1) is 5.10 Å². The van der Waals surface area contributed by atoms with Gasteiger partial charge in [0.1, 0.15) is 0 Å². The number of aromatic nitrogens is 2. The first-order valence-electron chi connectivity index (χ1n) is 4.82. The predicted octanol–water partition coefficient (Wildman–Crippen LogP) is 2.61. The van der Waals surface area contributed by atoms with Crippen LogP contribution in [0.5, 0.6) is 0 Å². The van der Waals surface area contributed by atoms with Gasteiger partial charge in [0.2, 0.25) is 0 Å². The average molecular weight is 214 g/mol. The maximum atomic E-state index is 5.76. The van der Waals surface area contributed by atoms with Crippen LogP contribution in [-0.4, -0.2) is 23.8 Å². The summed E-state index contributed by atoms with van der Waals surface area (Å²) in [7, 11) is 2.04. The molecule has 0 N–H and O–H groups in total. The summed E-state index contributed by atoms with van der Waals surface area (Å²) in [6.45, 7) is 5.43. The molecule has 0 aliphatic heterocycles. The van der Waals surface area contributed by atoms with E-state index in [0.717, 1.165) is 12.2 Å². The maximum absolute atomic E-state index is 5.76. The van der Waals surface area contributed by atoms with Crippen LogP contribution < -0.4 is 4.90 Å². The van der Waals surface area contributed by atoms with Crippen LogP contribution in [-0.2, 0) is 0 Å². The van der Waals surface area contributed by atoms with E-state index in [4.69, 9.17) is 11.6 Å². The van der Waals surface area contributed by atoms with Crippen molar-refractivity contribution < 1.29 is 0 Å². The van der Waals surface area contributed by atoms with Gasteiger partial charge >= 0.3 is 0 Å². The Hall–Kier alpha value is -0.830. The van der Waals surface area contributed by atoms with E-state index in [1.807, 2.05) is 13.1 Å². The molecule has 4 heteroatoms. The van der Waals surface area contributed by atoms with Gasteiger partial charge in [-0.2, -0.15) is 5.10 Å². The fourth-order valence-electron chi connectivity index (χ4n) is 1.24. The van der Waals surface area contributed by atoms with Crippen molar-refractivity contribution in [1.29, 1.82) is 0 Å². The summed E-state index contributed by atoms with van der Waals surface area (Å²) in [6, 6.07) is 1.83. The summed E-state index contributed by atoms with van der Waals surface area (Å²) in [6.07, 6.45) is 2.91. The Kier molecular flexibility index (Phi) is 4.14. The zero-order valence-electron chi connectivity index (χ0n) is 8.87. The second-order valence-corrected chi connectivity index (χ2v) is 4.02. The van der Waals surface area contributed by atoms with Gasteiger partial charge in [-0.1, -0.05) is 31.9 Å². The quantitative estimate of drug-likeness (QED) is 0.770. The first-order chi connectivity index (χ1) is 6.63. The minimum Gasteiger partial charge on any atom is -0.373 e. The van der Waals surface area contributed by atoms with E-state index < -0.39 is 0 Å². The maximum Gasteiger partial charge on any atom is 0.153 e. The summed E-state index contributed by atoms with van der Waals surface area (Å²) in [5.41, 5.74) is 1.02. The average Bonchev–Trinajstić information content (AvgIpc) is 2.17. The highest BCUT2D eigenvalue weighted by atomic mass is 35.5. The number of rotatable bonds is 4. The fourth-order valence-corrected chi connectivity index (χ4v) is 1.40. The fraction of sp³-hybridized carbons (Fsp3) is 0.600. The standard InChI is InChI=1S/C10H16ClN3/c1-4-8(2)7-14(3)9-5-10(11)13-12-6-9/h5-6,8H,4,7H2,1-3H3. The molecule has 0 bridgehead atoms. The van der Waals surface area contributed by atoms with Crippen molar-refractivity contribution in [3.8, 4) is 0 Å². The Bertz CT molecular complexity index is 290. The minimum absolute atomic E-state index is 0.443. The molecule has 1 heterocycles. The van der Waals surface area contributed by atoms with Crippen molar-refractivity contribution >= 4 is 17.3 Å². The largest absolute Gasteiger partial charge is 0.373 e. The third-order valence-corrected chi connectivity index (χ3v) is 2.52. The second-order valence-electron chi connectivity index (χ2n) is 3.63. The van der Waals surface area contributed by atoms with E-state index in [0.29, 0.717) is 11.1 Å². The molecule has 78 valence electrons. The summed E-state index contributed by atoms with van der Waals surface area (Å²) >= 11 is 5.76. The monoisotopic (exact) mass is 213 g/mol. The highest BCUT2D eigenvalue weighted by Gasteiger charge is 2.06. The van der Waals surface area contributed by atoms with Crippen LogP contribution in [0.4, 0.5) is 5.69 Å². The third-order valence-electron chi connectivity index (χ3n) is 2.33. The normalized spacial score (nSPS) is 12.6. The van der Waals surface area contributed by atoms with E-state index >= 15 is 0 Å². The Balaban J connectivity index is 2.64. The molecule has 1 aromatic rings. The predicted molar refractivity (Wildman–Crippen MR) is 59.8 cm³/mol. The van der Waals surface area contributed by atoms with Crippen molar-refractivity contribution in [2.24, 2.45) is 5.92 Å². The Morgan fingerprint density at radius 3 is 2.86 bits per heavy atom. The molecule has 14 heavy (non-hydrogen) atoms. The molecule has 0 spiro atoms. The Labute approximate surface area is 90.1 Å². The molecule has 0 fully saturated rings. The molecule has 1 aromatic heterocycles. The van der Waals surface area contributed by atoms with Crippen LogP contribution in [0.25, 0.3) is 0 Å². The van der Waals surface area contributed by atoms with Crippen molar-refractivity contribution in [3.05, 3.63) is 17.4 Å². The number of nitrogens with zero attached hydrogens (tertiary/aromatic N) is 3. The summed E-state index contributed by atoms with van der Waals surface area (Å²) in [4.78, 5) is 2.15. The highest BCUT2D eigenvalue weighted by Crippen LogP contribution is 2.16. The van der Waals surface area contributed by atoms with Crippen LogP contribution in [0.3, 0.4) is 0 Å². The lowest BCUT2D eigenvalue weighted by Crippen LogP contribution is -2.23. The van der Waals surface area contributed by atoms with E-state index in [1.165, 1.54) is 6.42 Å². The van der Waals surface area contributed by atoms with Crippen LogP contribution >= 0.6 is 11.6 Å². The SMILES string of the molecule is CCC(C)CN(C)c1cnnc(Cl)c1. The first-order valence-corrected chi connectivity index (χ1v) is 5.20. The Morgan fingerprint density at radius 1 is 1.57 bits per heavy atom. The lowest BCUT2D eigenvalue weighted by atomic mass is 10.1. The van der Waals surface area contributed by atoms with Gasteiger partial charge in [0.25, 0.3) is 0 Å². The summed E-state index contributed by atoms with van der Waals surface area (Å²) in [5, 5.41) is 7.97. The van der Waals surface area contributed by atoms with Crippen molar-refractivity contribution in [3.63, 3.8) is 0 Å². The van der Waals surface area contributed by atoms with Crippen LogP contribution in [0.2, 0.25) is 5.15 Å². The molecule has 1 atom stereocenters. The van der Waals surface area contributed by atoms with E-state index in [9.17, 15) is 0 Å². The third kappa shape index (κ3) is 3.14. The molecular weight excluding hydrogens is 198 g/mol. The molecule has 0 saturated carbocycles. The van der Waals surface area contributed by atoms with E-state index in [-0.39, 0.29) is 0 Å². The number of anilines is 1. The lowest BCUT2D eigenvalue weighted by Gasteiger charge is -2.22. The molecular formula is C10H16ClN3. The smallest absolute Gasteiger partial charge is 0.153 e. The highest BCUT2D eigenvalue weighted by molar-refractivity contribution is 6.29. The molecule has 0 radical (unpaired) electrons. The summed E-state index contributed by atoms with van der Waals surface area (Å²) < 4.78 is 0. The Morgan fingerprint density at radius 2 is 2.29 bits per heavy atom. The van der Waals surface area contributed by atoms with E-state index in [1.54, 1.807) is 6.20 Å². The lowest BCUT2D eigenvalue weighted by molar-refractivity contribution is 0.559. The number of hydrogen-bond acceptors (Lipinski definition) is 3. The van der Waals surface area contributed by atoms with Gasteiger partial charge in [0, 0.05) is 19.7 Å². The minimum atomic E-state index is 0.443. The van der Waals surface area contributed by atoms with Crippen LogP contribution in [0, 0.1) is 5.92 Å². The molecule has 0 aromatic carbocycles. The van der Waals surface area contributed by atoms with Crippen molar-refractivity contribution in [2.45, 2.75) is 20.3 Å². The molecule has 3 nitrogen and oxygen atoms in total. The van der Waals surface area contributed by atoms with Gasteiger partial charge in [-0.25, -0.2) is 0 Å². The van der Waals surface area contributed by atoms with E-state index in [2.05, 4.69) is 28.9 Å². The van der Waals surface area contributed by atoms with Crippen molar-refractivity contribution in [2.75, 3.05) is 18.5 Å². The molecule has 0 saturated heterocycles. The molecule has 1 rings (SSSR count). The van der Waals surface area contributed by atoms with Crippen molar-refractivity contribution in [1.82, 2.24) is 10.2 Å². The zero-order chi connectivity index (χ0) is 10.6. The van der Waals surface area contributed by atoms with Crippen LogP contribution in [0.15, 0.2) is 12.3 Å². The topological polar surface area (TPSA) is 29.0 Å². The second kappa shape index (κ2) is 5.15.